The second-order valence-corrected chi connectivity index (χ2v) is 4.12. The Morgan fingerprint density at radius 3 is 2.33 bits per heavy atom. The number of esters is 1. The van der Waals surface area contributed by atoms with Gasteiger partial charge in [0.1, 0.15) is 0 Å². The highest BCUT2D eigenvalue weighted by Gasteiger charge is 2.14. The number of carbonyl (C=O) groups excluding carboxylic acids is 2. The van der Waals surface area contributed by atoms with E-state index in [1.807, 2.05) is 0 Å². The normalized spacial score (nSPS) is 10.2. The number of hydrogen-bond donors (Lipinski definition) is 0. The van der Waals surface area contributed by atoms with E-state index in [2.05, 4.69) is 5.10 Å². The van der Waals surface area contributed by atoms with Crippen molar-refractivity contribution in [3.05, 3.63) is 42.1 Å². The van der Waals surface area contributed by atoms with Crippen LogP contribution in [0.4, 0.5) is 4.79 Å². The van der Waals surface area contributed by atoms with Gasteiger partial charge in [0.05, 0.1) is 30.7 Å². The van der Waals surface area contributed by atoms with Crippen molar-refractivity contribution in [2.24, 2.45) is 0 Å². The number of rotatable bonds is 4. The Hall–Kier alpha value is -2.63. The smallest absolute Gasteiger partial charge is 0.435 e. The van der Waals surface area contributed by atoms with Crippen LogP contribution < -0.4 is 0 Å². The lowest BCUT2D eigenvalue weighted by Gasteiger charge is -2.07. The van der Waals surface area contributed by atoms with Gasteiger partial charge in [0.25, 0.3) is 0 Å². The van der Waals surface area contributed by atoms with Crippen LogP contribution in [0.1, 0.15) is 24.2 Å². The zero-order valence-electron chi connectivity index (χ0n) is 11.9. The molecule has 21 heavy (non-hydrogen) atoms. The summed E-state index contributed by atoms with van der Waals surface area (Å²) in [6, 6.07) is 8.47. The van der Waals surface area contributed by atoms with E-state index in [9.17, 15) is 9.59 Å². The van der Waals surface area contributed by atoms with Gasteiger partial charge in [-0.05, 0) is 32.0 Å². The zero-order chi connectivity index (χ0) is 15.2. The summed E-state index contributed by atoms with van der Waals surface area (Å²) >= 11 is 0. The number of benzene rings is 1. The molecule has 2 rings (SSSR count). The van der Waals surface area contributed by atoms with Crippen molar-refractivity contribution in [3.8, 4) is 11.3 Å². The van der Waals surface area contributed by atoms with E-state index in [1.165, 1.54) is 10.9 Å². The third-order valence-corrected chi connectivity index (χ3v) is 2.78. The van der Waals surface area contributed by atoms with Gasteiger partial charge in [0.2, 0.25) is 0 Å². The van der Waals surface area contributed by atoms with Gasteiger partial charge in [0.15, 0.2) is 0 Å². The molecular formula is C15H16N2O4. The molecule has 0 bridgehead atoms. The Bertz CT molecular complexity index is 631. The predicted octanol–water partition coefficient (Wildman–Crippen LogP) is 2.73. The minimum atomic E-state index is -0.535. The second kappa shape index (κ2) is 6.69. The molecule has 0 aliphatic carbocycles. The van der Waals surface area contributed by atoms with Crippen molar-refractivity contribution >= 4 is 12.1 Å². The molecule has 1 heterocycles. The highest BCUT2D eigenvalue weighted by atomic mass is 16.6. The standard InChI is InChI=1S/C15H16N2O4/c1-3-20-14(18)12-7-5-11(6-8-12)13-9-10-16-17(13)15(19)21-4-2/h5-10H,3-4H2,1-2H3. The summed E-state index contributed by atoms with van der Waals surface area (Å²) in [5.41, 5.74) is 1.82. The number of nitrogens with zero attached hydrogens (tertiary/aromatic N) is 2. The van der Waals surface area contributed by atoms with Gasteiger partial charge in [-0.15, -0.1) is 0 Å². The first-order valence-corrected chi connectivity index (χ1v) is 6.66. The fourth-order valence-electron chi connectivity index (χ4n) is 1.84. The van der Waals surface area contributed by atoms with Crippen LogP contribution >= 0.6 is 0 Å². The molecule has 0 unspecified atom stereocenters. The average molecular weight is 288 g/mol. The van der Waals surface area contributed by atoms with Gasteiger partial charge in [-0.2, -0.15) is 9.78 Å². The first-order chi connectivity index (χ1) is 10.2. The monoisotopic (exact) mass is 288 g/mol. The van der Waals surface area contributed by atoms with Crippen LogP contribution in [0.15, 0.2) is 36.5 Å². The van der Waals surface area contributed by atoms with E-state index < -0.39 is 6.09 Å². The molecular weight excluding hydrogens is 272 g/mol. The van der Waals surface area contributed by atoms with Gasteiger partial charge in [-0.3, -0.25) is 0 Å². The summed E-state index contributed by atoms with van der Waals surface area (Å²) in [6.07, 6.45) is 0.984. The molecule has 0 aliphatic rings. The topological polar surface area (TPSA) is 70.4 Å². The molecule has 0 saturated carbocycles. The summed E-state index contributed by atoms with van der Waals surface area (Å²) in [7, 11) is 0. The highest BCUT2D eigenvalue weighted by molar-refractivity contribution is 5.90. The van der Waals surface area contributed by atoms with Gasteiger partial charge < -0.3 is 9.47 Å². The van der Waals surface area contributed by atoms with Gasteiger partial charge in [-0.25, -0.2) is 9.59 Å². The summed E-state index contributed by atoms with van der Waals surface area (Å²) in [6.45, 7) is 4.09. The molecule has 6 nitrogen and oxygen atoms in total. The molecule has 2 aromatic rings. The molecule has 1 aromatic carbocycles. The second-order valence-electron chi connectivity index (χ2n) is 4.12. The van der Waals surface area contributed by atoms with Crippen molar-refractivity contribution in [2.45, 2.75) is 13.8 Å². The van der Waals surface area contributed by atoms with Crippen LogP contribution in [0.25, 0.3) is 11.3 Å². The van der Waals surface area contributed by atoms with E-state index in [0.717, 1.165) is 5.56 Å². The fourth-order valence-corrected chi connectivity index (χ4v) is 1.84. The van der Waals surface area contributed by atoms with Crippen LogP contribution in [0.3, 0.4) is 0 Å². The zero-order valence-corrected chi connectivity index (χ0v) is 11.9. The first-order valence-electron chi connectivity index (χ1n) is 6.66. The Morgan fingerprint density at radius 2 is 1.71 bits per heavy atom. The average Bonchev–Trinajstić information content (AvgIpc) is 2.97. The number of hydrogen-bond acceptors (Lipinski definition) is 5. The summed E-state index contributed by atoms with van der Waals surface area (Å²) in [5.74, 6) is -0.372. The SMILES string of the molecule is CCOC(=O)c1ccc(-c2ccnn2C(=O)OCC)cc1. The van der Waals surface area contributed by atoms with Gasteiger partial charge >= 0.3 is 12.1 Å². The largest absolute Gasteiger partial charge is 0.462 e. The van der Waals surface area contributed by atoms with Crippen molar-refractivity contribution in [3.63, 3.8) is 0 Å². The van der Waals surface area contributed by atoms with E-state index in [-0.39, 0.29) is 12.6 Å². The minimum absolute atomic E-state index is 0.278. The number of aromatic nitrogens is 2. The summed E-state index contributed by atoms with van der Waals surface area (Å²) in [5, 5.41) is 3.95. The molecule has 1 aromatic heterocycles. The highest BCUT2D eigenvalue weighted by Crippen LogP contribution is 2.20. The molecule has 0 radical (unpaired) electrons. The molecule has 0 saturated heterocycles. The van der Waals surface area contributed by atoms with E-state index in [0.29, 0.717) is 17.9 Å². The summed E-state index contributed by atoms with van der Waals surface area (Å²) in [4.78, 5) is 23.4. The maximum atomic E-state index is 11.8. The van der Waals surface area contributed by atoms with Crippen LogP contribution in [-0.4, -0.2) is 35.1 Å². The Balaban J connectivity index is 2.25. The lowest BCUT2D eigenvalue weighted by molar-refractivity contribution is 0.0526. The lowest BCUT2D eigenvalue weighted by Crippen LogP contribution is -2.16. The van der Waals surface area contributed by atoms with E-state index in [4.69, 9.17) is 9.47 Å². The van der Waals surface area contributed by atoms with Gasteiger partial charge in [0, 0.05) is 5.56 Å². The van der Waals surface area contributed by atoms with Crippen LogP contribution in [0.2, 0.25) is 0 Å². The Labute approximate surface area is 122 Å². The maximum absolute atomic E-state index is 11.8. The minimum Gasteiger partial charge on any atom is -0.462 e. The molecule has 0 atom stereocenters. The Kier molecular flexibility index (Phi) is 4.71. The third kappa shape index (κ3) is 3.28. The molecule has 0 aliphatic heterocycles. The predicted molar refractivity (Wildman–Crippen MR) is 76.0 cm³/mol. The quantitative estimate of drug-likeness (QED) is 0.809. The molecule has 0 amide bonds. The first kappa shape index (κ1) is 14.8. The molecule has 110 valence electrons. The summed E-state index contributed by atoms with van der Waals surface area (Å²) < 4.78 is 11.0. The third-order valence-electron chi connectivity index (χ3n) is 2.78. The number of ether oxygens (including phenoxy) is 2. The lowest BCUT2D eigenvalue weighted by atomic mass is 10.1. The molecule has 0 N–H and O–H groups in total. The van der Waals surface area contributed by atoms with Crippen molar-refractivity contribution < 1.29 is 19.1 Å². The van der Waals surface area contributed by atoms with Crippen LogP contribution in [0, 0.1) is 0 Å². The van der Waals surface area contributed by atoms with Crippen LogP contribution in [-0.2, 0) is 9.47 Å². The number of carbonyl (C=O) groups is 2. The maximum Gasteiger partial charge on any atom is 0.435 e. The fraction of sp³-hybridized carbons (Fsp3) is 0.267. The van der Waals surface area contributed by atoms with Crippen molar-refractivity contribution in [1.82, 2.24) is 9.78 Å². The van der Waals surface area contributed by atoms with E-state index >= 15 is 0 Å². The van der Waals surface area contributed by atoms with Crippen molar-refractivity contribution in [2.75, 3.05) is 13.2 Å². The molecule has 0 spiro atoms. The van der Waals surface area contributed by atoms with E-state index in [1.54, 1.807) is 44.2 Å². The molecule has 0 fully saturated rings. The molecule has 6 heteroatoms. The Morgan fingerprint density at radius 1 is 1.05 bits per heavy atom. The van der Waals surface area contributed by atoms with Gasteiger partial charge in [-0.1, -0.05) is 12.1 Å². The van der Waals surface area contributed by atoms with Crippen LogP contribution in [0.5, 0.6) is 0 Å². The van der Waals surface area contributed by atoms with Crippen molar-refractivity contribution in [1.29, 1.82) is 0 Å².